The van der Waals surface area contributed by atoms with E-state index in [4.69, 9.17) is 16.9 Å². The Morgan fingerprint density at radius 3 is 2.63 bits per heavy atom. The van der Waals surface area contributed by atoms with E-state index in [0.717, 1.165) is 12.0 Å². The van der Waals surface area contributed by atoms with Crippen molar-refractivity contribution in [1.82, 2.24) is 5.32 Å². The smallest absolute Gasteiger partial charge is 0.261 e. The Morgan fingerprint density at radius 2 is 2.11 bits per heavy atom. The van der Waals surface area contributed by atoms with Gasteiger partial charge in [0.05, 0.1) is 6.54 Å². The van der Waals surface area contributed by atoms with E-state index in [1.807, 2.05) is 31.2 Å². The van der Waals surface area contributed by atoms with Gasteiger partial charge in [-0.3, -0.25) is 4.79 Å². The maximum absolute atomic E-state index is 11.6. The van der Waals surface area contributed by atoms with Crippen LogP contribution in [0.4, 0.5) is 0 Å². The minimum Gasteiger partial charge on any atom is -0.481 e. The van der Waals surface area contributed by atoms with Crippen molar-refractivity contribution in [3.8, 4) is 18.1 Å². The second kappa shape index (κ2) is 7.45. The van der Waals surface area contributed by atoms with Crippen molar-refractivity contribution in [3.63, 3.8) is 0 Å². The van der Waals surface area contributed by atoms with Crippen LogP contribution in [0, 0.1) is 12.3 Å². The van der Waals surface area contributed by atoms with Crippen molar-refractivity contribution in [2.75, 3.05) is 6.54 Å². The van der Waals surface area contributed by atoms with Gasteiger partial charge < -0.3 is 15.8 Å². The summed E-state index contributed by atoms with van der Waals surface area (Å²) < 4.78 is 5.52. The first kappa shape index (κ1) is 15.1. The number of nitrogens with two attached hydrogens (primary N) is 1. The highest BCUT2D eigenvalue weighted by Gasteiger charge is 2.13. The number of rotatable bonds is 6. The van der Waals surface area contributed by atoms with Crippen molar-refractivity contribution in [1.29, 1.82) is 0 Å². The summed E-state index contributed by atoms with van der Waals surface area (Å²) in [5, 5.41) is 2.57. The molecule has 2 atom stereocenters. The van der Waals surface area contributed by atoms with E-state index >= 15 is 0 Å². The van der Waals surface area contributed by atoms with E-state index in [1.165, 1.54) is 0 Å². The molecule has 19 heavy (non-hydrogen) atoms. The lowest BCUT2D eigenvalue weighted by Crippen LogP contribution is -2.36. The normalized spacial score (nSPS) is 13.2. The summed E-state index contributed by atoms with van der Waals surface area (Å²) in [6.45, 7) is 3.92. The molecule has 1 amide bonds. The molecule has 1 aromatic carbocycles. The quantitative estimate of drug-likeness (QED) is 0.764. The average Bonchev–Trinajstić information content (AvgIpc) is 2.44. The standard InChI is InChI=1S/C15H20N2O2/c1-4-10-17-15(18)11(3)19-13-8-6-12(7-9-13)14(16)5-2/h1,6-9,11,14H,5,10,16H2,2-3H3,(H,17,18)/t11?,14-/m1/s1. The second-order valence-corrected chi connectivity index (χ2v) is 4.27. The molecule has 0 aromatic heterocycles. The van der Waals surface area contributed by atoms with E-state index in [1.54, 1.807) is 6.92 Å². The van der Waals surface area contributed by atoms with Gasteiger partial charge in [-0.1, -0.05) is 25.0 Å². The van der Waals surface area contributed by atoms with Crippen LogP contribution in [0.1, 0.15) is 31.9 Å². The number of hydrogen-bond donors (Lipinski definition) is 2. The minimum atomic E-state index is -0.584. The maximum Gasteiger partial charge on any atom is 0.261 e. The third-order valence-electron chi connectivity index (χ3n) is 2.79. The lowest BCUT2D eigenvalue weighted by Gasteiger charge is -2.15. The van der Waals surface area contributed by atoms with Crippen LogP contribution >= 0.6 is 0 Å². The molecule has 0 saturated heterocycles. The van der Waals surface area contributed by atoms with Crippen molar-refractivity contribution in [2.45, 2.75) is 32.4 Å². The van der Waals surface area contributed by atoms with E-state index in [9.17, 15) is 4.79 Å². The van der Waals surface area contributed by atoms with Crippen LogP contribution in [-0.4, -0.2) is 18.6 Å². The number of amides is 1. The molecule has 0 radical (unpaired) electrons. The molecule has 0 aliphatic heterocycles. The summed E-state index contributed by atoms with van der Waals surface area (Å²) in [5.41, 5.74) is 6.98. The Labute approximate surface area is 114 Å². The molecule has 1 unspecified atom stereocenters. The largest absolute Gasteiger partial charge is 0.481 e. The van der Waals surface area contributed by atoms with Gasteiger partial charge in [-0.25, -0.2) is 0 Å². The third-order valence-corrected chi connectivity index (χ3v) is 2.79. The van der Waals surface area contributed by atoms with Gasteiger partial charge in [0.2, 0.25) is 0 Å². The van der Waals surface area contributed by atoms with Crippen LogP contribution in [0.5, 0.6) is 5.75 Å². The zero-order chi connectivity index (χ0) is 14.3. The van der Waals surface area contributed by atoms with Crippen molar-refractivity contribution in [2.24, 2.45) is 5.73 Å². The van der Waals surface area contributed by atoms with Gasteiger partial charge in [0.25, 0.3) is 5.91 Å². The SMILES string of the molecule is C#CCNC(=O)C(C)Oc1ccc([C@H](N)CC)cc1. The Morgan fingerprint density at radius 1 is 1.47 bits per heavy atom. The number of terminal acetylenes is 1. The molecule has 0 aliphatic rings. The fourth-order valence-electron chi connectivity index (χ4n) is 1.57. The Bertz CT molecular complexity index is 448. The molecule has 0 spiro atoms. The molecular weight excluding hydrogens is 240 g/mol. The number of carbonyl (C=O) groups is 1. The zero-order valence-electron chi connectivity index (χ0n) is 11.3. The van der Waals surface area contributed by atoms with Crippen molar-refractivity contribution < 1.29 is 9.53 Å². The number of nitrogens with one attached hydrogen (secondary N) is 1. The summed E-state index contributed by atoms with van der Waals surface area (Å²) in [7, 11) is 0. The summed E-state index contributed by atoms with van der Waals surface area (Å²) in [6.07, 6.45) is 5.37. The second-order valence-electron chi connectivity index (χ2n) is 4.27. The molecule has 1 aromatic rings. The monoisotopic (exact) mass is 260 g/mol. The predicted octanol–water partition coefficient (Wildman–Crippen LogP) is 1.61. The van der Waals surface area contributed by atoms with Crippen LogP contribution in [0.15, 0.2) is 24.3 Å². The molecule has 0 fully saturated rings. The van der Waals surface area contributed by atoms with Gasteiger partial charge in [-0.2, -0.15) is 0 Å². The molecular formula is C15H20N2O2. The van der Waals surface area contributed by atoms with E-state index in [2.05, 4.69) is 11.2 Å². The average molecular weight is 260 g/mol. The molecule has 0 saturated carbocycles. The lowest BCUT2D eigenvalue weighted by molar-refractivity contribution is -0.126. The fourth-order valence-corrected chi connectivity index (χ4v) is 1.57. The third kappa shape index (κ3) is 4.65. The van der Waals surface area contributed by atoms with E-state index < -0.39 is 6.10 Å². The Balaban J connectivity index is 2.58. The topological polar surface area (TPSA) is 64.3 Å². The maximum atomic E-state index is 11.6. The molecule has 4 nitrogen and oxygen atoms in total. The number of ether oxygens (including phenoxy) is 1. The van der Waals surface area contributed by atoms with Crippen LogP contribution in [0.2, 0.25) is 0 Å². The Hall–Kier alpha value is -1.99. The van der Waals surface area contributed by atoms with E-state index in [0.29, 0.717) is 5.75 Å². The summed E-state index contributed by atoms with van der Waals surface area (Å²) in [6, 6.07) is 7.49. The molecule has 3 N–H and O–H groups in total. The van der Waals surface area contributed by atoms with Crippen molar-refractivity contribution >= 4 is 5.91 Å². The number of hydrogen-bond acceptors (Lipinski definition) is 3. The number of carbonyl (C=O) groups excluding carboxylic acids is 1. The van der Waals surface area contributed by atoms with Crippen LogP contribution in [0.25, 0.3) is 0 Å². The first-order valence-electron chi connectivity index (χ1n) is 6.31. The summed E-state index contributed by atoms with van der Waals surface area (Å²) in [4.78, 5) is 11.6. The number of benzene rings is 1. The van der Waals surface area contributed by atoms with E-state index in [-0.39, 0.29) is 18.5 Å². The Kier molecular flexibility index (Phi) is 5.91. The van der Waals surface area contributed by atoms with Crippen molar-refractivity contribution in [3.05, 3.63) is 29.8 Å². The molecule has 4 heteroatoms. The van der Waals surface area contributed by atoms with Gasteiger partial charge in [0.15, 0.2) is 6.10 Å². The lowest BCUT2D eigenvalue weighted by atomic mass is 10.1. The van der Waals surface area contributed by atoms with Crippen LogP contribution in [0.3, 0.4) is 0 Å². The van der Waals surface area contributed by atoms with Gasteiger partial charge in [-0.05, 0) is 31.0 Å². The van der Waals surface area contributed by atoms with Crippen LogP contribution in [-0.2, 0) is 4.79 Å². The molecule has 0 bridgehead atoms. The van der Waals surface area contributed by atoms with Gasteiger partial charge in [-0.15, -0.1) is 6.42 Å². The van der Waals surface area contributed by atoms with Gasteiger partial charge in [0.1, 0.15) is 5.75 Å². The predicted molar refractivity (Wildman–Crippen MR) is 75.6 cm³/mol. The molecule has 102 valence electrons. The molecule has 0 heterocycles. The van der Waals surface area contributed by atoms with Gasteiger partial charge >= 0.3 is 0 Å². The first-order chi connectivity index (χ1) is 9.08. The summed E-state index contributed by atoms with van der Waals surface area (Å²) >= 11 is 0. The highest BCUT2D eigenvalue weighted by Crippen LogP contribution is 2.19. The van der Waals surface area contributed by atoms with Gasteiger partial charge in [0, 0.05) is 6.04 Å². The van der Waals surface area contributed by atoms with Crippen LogP contribution < -0.4 is 15.8 Å². The fraction of sp³-hybridized carbons (Fsp3) is 0.400. The first-order valence-corrected chi connectivity index (χ1v) is 6.31. The highest BCUT2D eigenvalue weighted by molar-refractivity contribution is 5.80. The minimum absolute atomic E-state index is 0.0328. The summed E-state index contributed by atoms with van der Waals surface area (Å²) in [5.74, 6) is 2.75. The zero-order valence-corrected chi connectivity index (χ0v) is 11.3. The highest BCUT2D eigenvalue weighted by atomic mass is 16.5. The molecule has 0 aliphatic carbocycles. The molecule has 1 rings (SSSR count).